The first kappa shape index (κ1) is 13.8. The molecule has 2 aliphatic rings. The molecule has 0 aliphatic heterocycles. The molecule has 0 radical (unpaired) electrons. The molecule has 18 heavy (non-hydrogen) atoms. The van der Waals surface area contributed by atoms with Crippen LogP contribution in [-0.4, -0.2) is 29.2 Å². The van der Waals surface area contributed by atoms with Crippen LogP contribution in [0.5, 0.6) is 0 Å². The van der Waals surface area contributed by atoms with Gasteiger partial charge in [0, 0.05) is 12.5 Å². The van der Waals surface area contributed by atoms with Crippen molar-refractivity contribution in [1.29, 1.82) is 0 Å². The summed E-state index contributed by atoms with van der Waals surface area (Å²) < 4.78 is 0. The van der Waals surface area contributed by atoms with E-state index in [0.29, 0.717) is 12.5 Å². The minimum atomic E-state index is -0.679. The molecule has 4 N–H and O–H groups in total. The first-order valence-electron chi connectivity index (χ1n) is 7.26. The molecule has 2 saturated carbocycles. The lowest BCUT2D eigenvalue weighted by atomic mass is 9.76. The van der Waals surface area contributed by atoms with Crippen LogP contribution in [0.4, 0.5) is 0 Å². The van der Waals surface area contributed by atoms with Crippen LogP contribution >= 0.6 is 0 Å². The van der Waals surface area contributed by atoms with Crippen LogP contribution < -0.4 is 11.1 Å². The molecule has 0 spiro atoms. The normalized spacial score (nSPS) is 40.7. The van der Waals surface area contributed by atoms with Crippen LogP contribution in [0.3, 0.4) is 0 Å². The van der Waals surface area contributed by atoms with Crippen LogP contribution in [0.15, 0.2) is 0 Å². The Morgan fingerprint density at radius 3 is 2.78 bits per heavy atom. The van der Waals surface area contributed by atoms with Gasteiger partial charge >= 0.3 is 0 Å². The van der Waals surface area contributed by atoms with Crippen molar-refractivity contribution >= 4 is 5.91 Å². The molecule has 0 heterocycles. The summed E-state index contributed by atoms with van der Waals surface area (Å²) in [7, 11) is 0. The number of aliphatic hydroxyl groups excluding tert-OH is 1. The second-order valence-electron chi connectivity index (χ2n) is 6.33. The van der Waals surface area contributed by atoms with E-state index in [2.05, 4.69) is 12.2 Å². The summed E-state index contributed by atoms with van der Waals surface area (Å²) in [4.78, 5) is 12.2. The maximum Gasteiger partial charge on any atom is 0.240 e. The molecule has 0 aromatic carbocycles. The van der Waals surface area contributed by atoms with E-state index in [1.54, 1.807) is 0 Å². The molecular weight excluding hydrogens is 228 g/mol. The van der Waals surface area contributed by atoms with Gasteiger partial charge in [0.2, 0.25) is 5.91 Å². The predicted octanol–water partition coefficient (Wildman–Crippen LogP) is 1.17. The molecule has 4 heteroatoms. The maximum atomic E-state index is 12.2. The van der Waals surface area contributed by atoms with Crippen molar-refractivity contribution in [2.75, 3.05) is 6.54 Å². The molecule has 2 rings (SSSR count). The smallest absolute Gasteiger partial charge is 0.240 e. The topological polar surface area (TPSA) is 75.4 Å². The van der Waals surface area contributed by atoms with Crippen molar-refractivity contribution in [1.82, 2.24) is 5.32 Å². The molecule has 4 atom stereocenters. The summed E-state index contributed by atoms with van der Waals surface area (Å²) in [5.41, 5.74) is 5.56. The largest absolute Gasteiger partial charge is 0.393 e. The van der Waals surface area contributed by atoms with Gasteiger partial charge in [-0.1, -0.05) is 26.2 Å². The van der Waals surface area contributed by atoms with Gasteiger partial charge in [-0.25, -0.2) is 0 Å². The van der Waals surface area contributed by atoms with E-state index in [1.165, 1.54) is 6.42 Å². The summed E-state index contributed by atoms with van der Waals surface area (Å²) in [5, 5.41) is 12.7. The Morgan fingerprint density at radius 2 is 2.17 bits per heavy atom. The third-order valence-electron chi connectivity index (χ3n) is 4.63. The Labute approximate surface area is 109 Å². The zero-order valence-electron chi connectivity index (χ0n) is 11.3. The predicted molar refractivity (Wildman–Crippen MR) is 70.9 cm³/mol. The Bertz CT molecular complexity index is 308. The van der Waals surface area contributed by atoms with Crippen LogP contribution in [0.2, 0.25) is 0 Å². The average molecular weight is 254 g/mol. The highest BCUT2D eigenvalue weighted by Crippen LogP contribution is 2.31. The lowest BCUT2D eigenvalue weighted by Gasteiger charge is -2.35. The van der Waals surface area contributed by atoms with Crippen molar-refractivity contribution in [3.8, 4) is 0 Å². The fraction of sp³-hybridized carbons (Fsp3) is 0.929. The number of aliphatic hydroxyl groups is 1. The number of hydrogen-bond acceptors (Lipinski definition) is 3. The first-order valence-corrected chi connectivity index (χ1v) is 7.26. The third kappa shape index (κ3) is 3.04. The van der Waals surface area contributed by atoms with Crippen LogP contribution in [0.1, 0.15) is 51.9 Å². The van der Waals surface area contributed by atoms with E-state index in [-0.39, 0.29) is 17.9 Å². The number of carbonyl (C=O) groups is 1. The molecular formula is C14H26N2O2. The molecule has 0 saturated heterocycles. The van der Waals surface area contributed by atoms with Gasteiger partial charge in [-0.05, 0) is 31.6 Å². The zero-order valence-corrected chi connectivity index (χ0v) is 11.3. The minimum Gasteiger partial charge on any atom is -0.393 e. The van der Waals surface area contributed by atoms with Crippen LogP contribution in [-0.2, 0) is 4.79 Å². The minimum absolute atomic E-state index is 0.0202. The maximum absolute atomic E-state index is 12.2. The van der Waals surface area contributed by atoms with Crippen molar-refractivity contribution in [2.45, 2.75) is 63.5 Å². The Hall–Kier alpha value is -0.610. The van der Waals surface area contributed by atoms with Gasteiger partial charge in [-0.15, -0.1) is 0 Å². The molecule has 0 aromatic heterocycles. The van der Waals surface area contributed by atoms with Crippen LogP contribution in [0.25, 0.3) is 0 Å². The molecule has 4 nitrogen and oxygen atoms in total. The van der Waals surface area contributed by atoms with Crippen LogP contribution in [0, 0.1) is 11.8 Å². The molecule has 2 aliphatic carbocycles. The summed E-state index contributed by atoms with van der Waals surface area (Å²) >= 11 is 0. The monoisotopic (exact) mass is 254 g/mol. The highest BCUT2D eigenvalue weighted by Gasteiger charge is 2.38. The van der Waals surface area contributed by atoms with Gasteiger partial charge in [0.15, 0.2) is 0 Å². The summed E-state index contributed by atoms with van der Waals surface area (Å²) in [6, 6.07) is 0. The number of nitrogens with one attached hydrogen (secondary N) is 1. The van der Waals surface area contributed by atoms with E-state index < -0.39 is 5.54 Å². The number of nitrogens with two attached hydrogens (primary N) is 1. The van der Waals surface area contributed by atoms with Gasteiger partial charge in [-0.2, -0.15) is 0 Å². The Kier molecular flexibility index (Phi) is 4.28. The molecule has 2 fully saturated rings. The molecule has 104 valence electrons. The van der Waals surface area contributed by atoms with E-state index in [0.717, 1.165) is 38.5 Å². The van der Waals surface area contributed by atoms with E-state index in [1.807, 2.05) is 0 Å². The number of hydrogen-bond donors (Lipinski definition) is 3. The number of rotatable bonds is 3. The highest BCUT2D eigenvalue weighted by molar-refractivity contribution is 5.86. The third-order valence-corrected chi connectivity index (χ3v) is 4.63. The fourth-order valence-corrected chi connectivity index (χ4v) is 3.45. The Balaban J connectivity index is 1.83. The number of amides is 1. The summed E-state index contributed by atoms with van der Waals surface area (Å²) in [6.45, 7) is 2.74. The first-order chi connectivity index (χ1) is 8.51. The fourth-order valence-electron chi connectivity index (χ4n) is 3.45. The Morgan fingerprint density at radius 1 is 1.39 bits per heavy atom. The van der Waals surface area contributed by atoms with Crippen molar-refractivity contribution in [3.63, 3.8) is 0 Å². The SMILES string of the molecule is CC1CCCC(N)(C(=O)NCC2CCCC2O)C1. The molecule has 0 aromatic rings. The summed E-state index contributed by atoms with van der Waals surface area (Å²) in [5.74, 6) is 0.735. The quantitative estimate of drug-likeness (QED) is 0.707. The summed E-state index contributed by atoms with van der Waals surface area (Å²) in [6.07, 6.45) is 6.48. The van der Waals surface area contributed by atoms with Gasteiger partial charge in [-0.3, -0.25) is 4.79 Å². The molecule has 1 amide bonds. The average Bonchev–Trinajstić information content (AvgIpc) is 2.71. The van der Waals surface area contributed by atoms with Gasteiger partial charge in [0.05, 0.1) is 11.6 Å². The second-order valence-corrected chi connectivity index (χ2v) is 6.33. The van der Waals surface area contributed by atoms with Crippen molar-refractivity contribution < 1.29 is 9.90 Å². The van der Waals surface area contributed by atoms with Crippen molar-refractivity contribution in [3.05, 3.63) is 0 Å². The van der Waals surface area contributed by atoms with E-state index >= 15 is 0 Å². The number of carbonyl (C=O) groups excluding carboxylic acids is 1. The van der Waals surface area contributed by atoms with Gasteiger partial charge in [0.25, 0.3) is 0 Å². The lowest BCUT2D eigenvalue weighted by Crippen LogP contribution is -2.57. The van der Waals surface area contributed by atoms with E-state index in [4.69, 9.17) is 5.73 Å². The van der Waals surface area contributed by atoms with Gasteiger partial charge < -0.3 is 16.2 Å². The second kappa shape index (κ2) is 5.57. The van der Waals surface area contributed by atoms with Crippen molar-refractivity contribution in [2.24, 2.45) is 17.6 Å². The van der Waals surface area contributed by atoms with Gasteiger partial charge in [0.1, 0.15) is 0 Å². The zero-order chi connectivity index (χ0) is 13.2. The lowest BCUT2D eigenvalue weighted by molar-refractivity contribution is -0.128. The molecule has 4 unspecified atom stereocenters. The van der Waals surface area contributed by atoms with E-state index in [9.17, 15) is 9.90 Å². The molecule has 0 bridgehead atoms. The standard InChI is InChI=1S/C14H26N2O2/c1-10-4-3-7-14(15,8-10)13(18)16-9-11-5-2-6-12(11)17/h10-12,17H,2-9,15H2,1H3,(H,16,18). The highest BCUT2D eigenvalue weighted by atomic mass is 16.3.